The molecule has 1 heterocycles. The van der Waals surface area contributed by atoms with Crippen molar-refractivity contribution in [3.8, 4) is 11.5 Å². The first kappa shape index (κ1) is 18.5. The Bertz CT molecular complexity index is 903. The van der Waals surface area contributed by atoms with Gasteiger partial charge in [0, 0.05) is 23.4 Å². The van der Waals surface area contributed by atoms with Crippen LogP contribution in [-0.4, -0.2) is 24.6 Å². The first-order chi connectivity index (χ1) is 12.9. The van der Waals surface area contributed by atoms with E-state index in [4.69, 9.17) is 9.47 Å². The number of fused-ring (bicyclic) bond motifs is 1. The van der Waals surface area contributed by atoms with Gasteiger partial charge < -0.3 is 20.1 Å². The molecule has 0 fully saturated rings. The van der Waals surface area contributed by atoms with Crippen LogP contribution in [0, 0.1) is 6.92 Å². The number of aryl methyl sites for hydroxylation is 1. The third-order valence-corrected chi connectivity index (χ3v) is 3.98. The molecular formula is C21H22N2O4. The van der Waals surface area contributed by atoms with Gasteiger partial charge in [-0.3, -0.25) is 9.59 Å². The number of amides is 2. The van der Waals surface area contributed by atoms with Crippen molar-refractivity contribution in [1.29, 1.82) is 0 Å². The van der Waals surface area contributed by atoms with E-state index in [1.165, 1.54) is 6.08 Å². The van der Waals surface area contributed by atoms with Crippen molar-refractivity contribution in [2.24, 2.45) is 0 Å². The number of nitrogens with one attached hydrogen (secondary N) is 2. The smallest absolute Gasteiger partial charge is 0.251 e. The molecule has 6 heteroatoms. The topological polar surface area (TPSA) is 76.7 Å². The third kappa shape index (κ3) is 4.67. The van der Waals surface area contributed by atoms with Crippen molar-refractivity contribution in [2.45, 2.75) is 26.8 Å². The third-order valence-electron chi connectivity index (χ3n) is 3.98. The van der Waals surface area contributed by atoms with Gasteiger partial charge in [0.15, 0.2) is 11.5 Å². The SMILES string of the molecule is Cc1cc(NC(=O)C=Cc2ccc3c(c2)OCO3)ccc1C(=O)NC(C)C. The van der Waals surface area contributed by atoms with Gasteiger partial charge in [-0.1, -0.05) is 6.07 Å². The monoisotopic (exact) mass is 366 g/mol. The first-order valence-corrected chi connectivity index (χ1v) is 8.72. The van der Waals surface area contributed by atoms with Crippen molar-refractivity contribution in [3.63, 3.8) is 0 Å². The summed E-state index contributed by atoms with van der Waals surface area (Å²) >= 11 is 0. The highest BCUT2D eigenvalue weighted by Crippen LogP contribution is 2.32. The normalized spacial score (nSPS) is 12.4. The summed E-state index contributed by atoms with van der Waals surface area (Å²) in [5, 5.41) is 5.66. The van der Waals surface area contributed by atoms with Crippen LogP contribution in [0.25, 0.3) is 6.08 Å². The maximum absolute atomic E-state index is 12.2. The fourth-order valence-corrected chi connectivity index (χ4v) is 2.71. The fourth-order valence-electron chi connectivity index (χ4n) is 2.71. The molecule has 0 radical (unpaired) electrons. The highest BCUT2D eigenvalue weighted by Gasteiger charge is 2.13. The Morgan fingerprint density at radius 2 is 1.85 bits per heavy atom. The Morgan fingerprint density at radius 3 is 2.59 bits per heavy atom. The predicted molar refractivity (Wildman–Crippen MR) is 104 cm³/mol. The highest BCUT2D eigenvalue weighted by atomic mass is 16.7. The molecule has 0 aromatic heterocycles. The van der Waals surface area contributed by atoms with Crippen molar-refractivity contribution < 1.29 is 19.1 Å². The largest absolute Gasteiger partial charge is 0.454 e. The van der Waals surface area contributed by atoms with Gasteiger partial charge in [0.2, 0.25) is 12.7 Å². The molecule has 2 aromatic rings. The molecule has 1 aliphatic rings. The van der Waals surface area contributed by atoms with Crippen LogP contribution in [0.1, 0.15) is 35.3 Å². The van der Waals surface area contributed by atoms with Crippen LogP contribution in [-0.2, 0) is 4.79 Å². The lowest BCUT2D eigenvalue weighted by molar-refractivity contribution is -0.111. The molecule has 0 unspecified atom stereocenters. The van der Waals surface area contributed by atoms with E-state index in [-0.39, 0.29) is 24.6 Å². The lowest BCUT2D eigenvalue weighted by Gasteiger charge is -2.11. The summed E-state index contributed by atoms with van der Waals surface area (Å²) < 4.78 is 10.6. The van der Waals surface area contributed by atoms with E-state index in [1.54, 1.807) is 24.3 Å². The van der Waals surface area contributed by atoms with Crippen LogP contribution in [0.4, 0.5) is 5.69 Å². The predicted octanol–water partition coefficient (Wildman–Crippen LogP) is 3.51. The number of hydrogen-bond acceptors (Lipinski definition) is 4. The van der Waals surface area contributed by atoms with Gasteiger partial charge in [-0.15, -0.1) is 0 Å². The molecule has 0 saturated carbocycles. The molecule has 1 aliphatic heterocycles. The zero-order valence-electron chi connectivity index (χ0n) is 15.5. The van der Waals surface area contributed by atoms with Crippen molar-refractivity contribution >= 4 is 23.6 Å². The van der Waals surface area contributed by atoms with Crippen LogP contribution >= 0.6 is 0 Å². The average molecular weight is 366 g/mol. The fraction of sp³-hybridized carbons (Fsp3) is 0.238. The molecule has 2 aromatic carbocycles. The Labute approximate surface area is 158 Å². The molecular weight excluding hydrogens is 344 g/mol. The molecule has 27 heavy (non-hydrogen) atoms. The number of ether oxygens (including phenoxy) is 2. The molecule has 140 valence electrons. The van der Waals surface area contributed by atoms with Crippen molar-refractivity contribution in [1.82, 2.24) is 5.32 Å². The Balaban J connectivity index is 1.64. The zero-order chi connectivity index (χ0) is 19.4. The summed E-state index contributed by atoms with van der Waals surface area (Å²) in [7, 11) is 0. The number of carbonyl (C=O) groups excluding carboxylic acids is 2. The highest BCUT2D eigenvalue weighted by molar-refractivity contribution is 6.02. The molecule has 0 aliphatic carbocycles. The standard InChI is InChI=1S/C21H22N2O4/c1-13(2)22-21(25)17-7-6-16(10-14(17)3)23-20(24)9-5-15-4-8-18-19(11-15)27-12-26-18/h4-11,13H,12H2,1-3H3,(H,22,25)(H,23,24). The summed E-state index contributed by atoms with van der Waals surface area (Å²) in [5.74, 6) is 0.992. The summed E-state index contributed by atoms with van der Waals surface area (Å²) in [6.45, 7) is 5.88. The second-order valence-electron chi connectivity index (χ2n) is 6.59. The zero-order valence-corrected chi connectivity index (χ0v) is 15.5. The maximum Gasteiger partial charge on any atom is 0.251 e. The van der Waals surface area contributed by atoms with E-state index < -0.39 is 0 Å². The molecule has 0 atom stereocenters. The van der Waals surface area contributed by atoms with Gasteiger partial charge in [0.25, 0.3) is 5.91 Å². The van der Waals surface area contributed by atoms with Gasteiger partial charge in [-0.05, 0) is 68.3 Å². The summed E-state index contributed by atoms with van der Waals surface area (Å²) in [6.07, 6.45) is 3.15. The molecule has 0 bridgehead atoms. The number of anilines is 1. The summed E-state index contributed by atoms with van der Waals surface area (Å²) in [4.78, 5) is 24.3. The van der Waals surface area contributed by atoms with Crippen LogP contribution in [0.15, 0.2) is 42.5 Å². The Hall–Kier alpha value is -3.28. The molecule has 6 nitrogen and oxygen atoms in total. The van der Waals surface area contributed by atoms with Crippen molar-refractivity contribution in [2.75, 3.05) is 12.1 Å². The lowest BCUT2D eigenvalue weighted by Crippen LogP contribution is -2.30. The number of carbonyl (C=O) groups is 2. The van der Waals surface area contributed by atoms with Crippen LogP contribution in [0.5, 0.6) is 11.5 Å². The van der Waals surface area contributed by atoms with E-state index in [2.05, 4.69) is 10.6 Å². The van der Waals surface area contributed by atoms with Gasteiger partial charge in [-0.25, -0.2) is 0 Å². The van der Waals surface area contributed by atoms with E-state index in [0.29, 0.717) is 22.7 Å². The minimum atomic E-state index is -0.258. The lowest BCUT2D eigenvalue weighted by atomic mass is 10.1. The molecule has 0 spiro atoms. The minimum absolute atomic E-state index is 0.0672. The van der Waals surface area contributed by atoms with Gasteiger partial charge >= 0.3 is 0 Å². The average Bonchev–Trinajstić information content (AvgIpc) is 3.07. The number of benzene rings is 2. The van der Waals surface area contributed by atoms with E-state index in [0.717, 1.165) is 11.1 Å². The maximum atomic E-state index is 12.2. The second kappa shape index (κ2) is 7.95. The molecule has 2 amide bonds. The molecule has 0 saturated heterocycles. The van der Waals surface area contributed by atoms with E-state index in [1.807, 2.05) is 39.0 Å². The van der Waals surface area contributed by atoms with E-state index in [9.17, 15) is 9.59 Å². The number of hydrogen-bond donors (Lipinski definition) is 2. The Morgan fingerprint density at radius 1 is 1.07 bits per heavy atom. The van der Waals surface area contributed by atoms with Gasteiger partial charge in [0.05, 0.1) is 0 Å². The Kier molecular flexibility index (Phi) is 5.45. The van der Waals surface area contributed by atoms with Gasteiger partial charge in [-0.2, -0.15) is 0 Å². The summed E-state index contributed by atoms with van der Waals surface area (Å²) in [5.41, 5.74) is 2.86. The second-order valence-corrected chi connectivity index (χ2v) is 6.59. The molecule has 3 rings (SSSR count). The number of rotatable bonds is 5. The van der Waals surface area contributed by atoms with Crippen LogP contribution in [0.2, 0.25) is 0 Å². The summed E-state index contributed by atoms with van der Waals surface area (Å²) in [6, 6.07) is 10.8. The van der Waals surface area contributed by atoms with Crippen molar-refractivity contribution in [3.05, 3.63) is 59.2 Å². The van der Waals surface area contributed by atoms with Crippen LogP contribution in [0.3, 0.4) is 0 Å². The first-order valence-electron chi connectivity index (χ1n) is 8.72. The van der Waals surface area contributed by atoms with Crippen LogP contribution < -0.4 is 20.1 Å². The quantitative estimate of drug-likeness (QED) is 0.794. The van der Waals surface area contributed by atoms with Gasteiger partial charge in [0.1, 0.15) is 0 Å². The molecule has 2 N–H and O–H groups in total. The minimum Gasteiger partial charge on any atom is -0.454 e. The van der Waals surface area contributed by atoms with E-state index >= 15 is 0 Å².